The summed E-state index contributed by atoms with van der Waals surface area (Å²) in [5, 5.41) is 0. The molecular weight excluding hydrogens is 212 g/mol. The van der Waals surface area contributed by atoms with Crippen LogP contribution in [0.2, 0.25) is 0 Å². The quantitative estimate of drug-likeness (QED) is 0.593. The summed E-state index contributed by atoms with van der Waals surface area (Å²) in [7, 11) is 0. The predicted octanol–water partition coefficient (Wildman–Crippen LogP) is 2.39. The van der Waals surface area contributed by atoms with Crippen LogP contribution < -0.4 is 5.73 Å². The van der Waals surface area contributed by atoms with Crippen LogP contribution in [0.5, 0.6) is 0 Å². The monoisotopic (exact) mass is 220 g/mol. The van der Waals surface area contributed by atoms with E-state index in [9.17, 15) is 0 Å². The van der Waals surface area contributed by atoms with E-state index in [1.165, 1.54) is 0 Å². The Kier molecular flexibility index (Phi) is 2.79. The van der Waals surface area contributed by atoms with Crippen LogP contribution in [0.4, 0.5) is 6.01 Å². The van der Waals surface area contributed by atoms with Crippen LogP contribution in [0.25, 0.3) is 11.1 Å². The van der Waals surface area contributed by atoms with Crippen molar-refractivity contribution >= 4 is 28.7 Å². The van der Waals surface area contributed by atoms with E-state index in [4.69, 9.17) is 21.8 Å². The predicted molar refractivity (Wildman–Crippen MR) is 60.6 cm³/mol. The topological polar surface area (TPSA) is 52.0 Å². The number of oxazole rings is 1. The zero-order chi connectivity index (χ0) is 10.7. The molecule has 1 heterocycles. The molecule has 2 N–H and O–H groups in total. The molecule has 2 rings (SSSR count). The van der Waals surface area contributed by atoms with Crippen LogP contribution in [0.3, 0.4) is 0 Å². The number of fused-ring (bicyclic) bond motifs is 1. The molecular formula is C11H9ClN2O. The van der Waals surface area contributed by atoms with Crippen LogP contribution in [-0.2, 0) is 0 Å². The Balaban J connectivity index is 2.35. The van der Waals surface area contributed by atoms with Gasteiger partial charge >= 0.3 is 0 Å². The third kappa shape index (κ3) is 2.23. The largest absolute Gasteiger partial charge is 0.424 e. The summed E-state index contributed by atoms with van der Waals surface area (Å²) in [4.78, 5) is 4.02. The lowest BCUT2D eigenvalue weighted by Crippen LogP contribution is -1.80. The molecule has 0 spiro atoms. The maximum atomic E-state index is 5.52. The number of alkyl halides is 1. The van der Waals surface area contributed by atoms with Crippen molar-refractivity contribution in [2.24, 2.45) is 0 Å². The molecule has 0 aliphatic carbocycles. The smallest absolute Gasteiger partial charge is 0.292 e. The van der Waals surface area contributed by atoms with Gasteiger partial charge in [-0.3, -0.25) is 0 Å². The van der Waals surface area contributed by atoms with Crippen LogP contribution >= 0.6 is 11.6 Å². The number of nitrogen functional groups attached to an aromatic ring is 1. The van der Waals surface area contributed by atoms with Gasteiger partial charge in [-0.05, 0) is 18.2 Å². The Morgan fingerprint density at radius 1 is 1.47 bits per heavy atom. The summed E-state index contributed by atoms with van der Waals surface area (Å²) in [6.45, 7) is 0. The zero-order valence-corrected chi connectivity index (χ0v) is 8.71. The van der Waals surface area contributed by atoms with Gasteiger partial charge in [-0.2, -0.15) is 4.98 Å². The summed E-state index contributed by atoms with van der Waals surface area (Å²) >= 11 is 5.52. The molecule has 2 aromatic rings. The summed E-state index contributed by atoms with van der Waals surface area (Å²) in [5.74, 6) is 6.49. The van der Waals surface area contributed by atoms with Crippen LogP contribution in [0, 0.1) is 11.8 Å². The van der Waals surface area contributed by atoms with Crippen molar-refractivity contribution in [1.82, 2.24) is 4.98 Å². The average molecular weight is 221 g/mol. The standard InChI is InChI=1S/C11H9ClN2O/c12-6-2-1-3-8-4-5-10-9(7-8)14-11(13)15-10/h4-5,7H,2,6H2,(H2,13,14). The molecule has 15 heavy (non-hydrogen) atoms. The van der Waals surface area contributed by atoms with E-state index < -0.39 is 0 Å². The number of halogens is 1. The van der Waals surface area contributed by atoms with Gasteiger partial charge in [-0.25, -0.2) is 0 Å². The molecule has 4 heteroatoms. The normalized spacial score (nSPS) is 9.93. The lowest BCUT2D eigenvalue weighted by Gasteiger charge is -1.88. The SMILES string of the molecule is Nc1nc2cc(C#CCCCl)ccc2o1. The molecule has 76 valence electrons. The summed E-state index contributed by atoms with van der Waals surface area (Å²) < 4.78 is 5.15. The van der Waals surface area contributed by atoms with Crippen molar-refractivity contribution in [2.75, 3.05) is 11.6 Å². The number of hydrogen-bond acceptors (Lipinski definition) is 3. The van der Waals surface area contributed by atoms with E-state index in [0.29, 0.717) is 17.9 Å². The maximum Gasteiger partial charge on any atom is 0.292 e. The molecule has 0 saturated carbocycles. The van der Waals surface area contributed by atoms with Gasteiger partial charge in [0.1, 0.15) is 5.52 Å². The van der Waals surface area contributed by atoms with Crippen LogP contribution in [0.15, 0.2) is 22.6 Å². The molecule has 0 saturated heterocycles. The Hall–Kier alpha value is -1.66. The second-order valence-corrected chi connectivity index (χ2v) is 3.35. The molecule has 0 radical (unpaired) electrons. The third-order valence-electron chi connectivity index (χ3n) is 1.86. The van der Waals surface area contributed by atoms with Gasteiger partial charge < -0.3 is 10.2 Å². The fourth-order valence-electron chi connectivity index (χ4n) is 1.23. The van der Waals surface area contributed by atoms with E-state index >= 15 is 0 Å². The molecule has 0 atom stereocenters. The van der Waals surface area contributed by atoms with Gasteiger partial charge in [0.2, 0.25) is 0 Å². The number of hydrogen-bond donors (Lipinski definition) is 1. The van der Waals surface area contributed by atoms with Crippen molar-refractivity contribution in [2.45, 2.75) is 6.42 Å². The van der Waals surface area contributed by atoms with E-state index in [2.05, 4.69) is 16.8 Å². The fraction of sp³-hybridized carbons (Fsp3) is 0.182. The number of aromatic nitrogens is 1. The van der Waals surface area contributed by atoms with Crippen molar-refractivity contribution in [3.05, 3.63) is 23.8 Å². The van der Waals surface area contributed by atoms with E-state index in [-0.39, 0.29) is 6.01 Å². The molecule has 1 aromatic carbocycles. The van der Waals surface area contributed by atoms with Gasteiger partial charge in [-0.15, -0.1) is 11.6 Å². The van der Waals surface area contributed by atoms with Crippen molar-refractivity contribution in [3.8, 4) is 11.8 Å². The van der Waals surface area contributed by atoms with Crippen LogP contribution in [-0.4, -0.2) is 10.9 Å². The number of nitrogens with zero attached hydrogens (tertiary/aromatic N) is 1. The van der Waals surface area contributed by atoms with Crippen molar-refractivity contribution in [3.63, 3.8) is 0 Å². The molecule has 0 aliphatic heterocycles. The first-order chi connectivity index (χ1) is 7.29. The first-order valence-corrected chi connectivity index (χ1v) is 5.04. The Morgan fingerprint density at radius 2 is 2.33 bits per heavy atom. The number of nitrogens with two attached hydrogens (primary N) is 1. The fourth-order valence-corrected chi connectivity index (χ4v) is 1.33. The highest BCUT2D eigenvalue weighted by atomic mass is 35.5. The third-order valence-corrected chi connectivity index (χ3v) is 2.05. The second kappa shape index (κ2) is 4.24. The Labute approximate surface area is 92.2 Å². The Morgan fingerprint density at radius 3 is 3.13 bits per heavy atom. The van der Waals surface area contributed by atoms with E-state index in [1.54, 1.807) is 0 Å². The number of rotatable bonds is 1. The maximum absolute atomic E-state index is 5.52. The van der Waals surface area contributed by atoms with Gasteiger partial charge in [-0.1, -0.05) is 11.8 Å². The molecule has 0 aliphatic rings. The molecule has 0 bridgehead atoms. The minimum Gasteiger partial charge on any atom is -0.424 e. The van der Waals surface area contributed by atoms with Gasteiger partial charge in [0, 0.05) is 17.9 Å². The average Bonchev–Trinajstić information content (AvgIpc) is 2.57. The van der Waals surface area contributed by atoms with Gasteiger partial charge in [0.25, 0.3) is 6.01 Å². The van der Waals surface area contributed by atoms with E-state index in [1.807, 2.05) is 18.2 Å². The first kappa shape index (κ1) is 9.88. The summed E-state index contributed by atoms with van der Waals surface area (Å²) in [6.07, 6.45) is 0.681. The zero-order valence-electron chi connectivity index (χ0n) is 7.96. The lowest BCUT2D eigenvalue weighted by atomic mass is 10.2. The number of anilines is 1. The second-order valence-electron chi connectivity index (χ2n) is 2.98. The minimum absolute atomic E-state index is 0.177. The van der Waals surface area contributed by atoms with Gasteiger partial charge in [0.05, 0.1) is 0 Å². The highest BCUT2D eigenvalue weighted by molar-refractivity contribution is 6.18. The number of benzene rings is 1. The minimum atomic E-state index is 0.177. The Bertz CT molecular complexity index is 536. The van der Waals surface area contributed by atoms with Crippen molar-refractivity contribution in [1.29, 1.82) is 0 Å². The first-order valence-electron chi connectivity index (χ1n) is 4.50. The van der Waals surface area contributed by atoms with E-state index in [0.717, 1.165) is 11.1 Å². The molecule has 0 fully saturated rings. The molecule has 0 amide bonds. The summed E-state index contributed by atoms with van der Waals surface area (Å²) in [6, 6.07) is 5.70. The van der Waals surface area contributed by atoms with Gasteiger partial charge in [0.15, 0.2) is 5.58 Å². The van der Waals surface area contributed by atoms with Crippen LogP contribution in [0.1, 0.15) is 12.0 Å². The highest BCUT2D eigenvalue weighted by Gasteiger charge is 2.01. The highest BCUT2D eigenvalue weighted by Crippen LogP contribution is 2.17. The molecule has 0 unspecified atom stereocenters. The van der Waals surface area contributed by atoms with Crippen molar-refractivity contribution < 1.29 is 4.42 Å². The molecule has 3 nitrogen and oxygen atoms in total. The summed E-state index contributed by atoms with van der Waals surface area (Å²) in [5.41, 5.74) is 7.72. The molecule has 1 aromatic heterocycles. The lowest BCUT2D eigenvalue weighted by molar-refractivity contribution is 0.626.